The summed E-state index contributed by atoms with van der Waals surface area (Å²) in [5, 5.41) is 0. The molecule has 1 aromatic rings. The molecule has 1 aliphatic carbocycles. The summed E-state index contributed by atoms with van der Waals surface area (Å²) in [4.78, 5) is 2.61. The third kappa shape index (κ3) is 3.50. The van der Waals surface area contributed by atoms with E-state index in [9.17, 15) is 0 Å². The van der Waals surface area contributed by atoms with Gasteiger partial charge >= 0.3 is 0 Å². The van der Waals surface area contributed by atoms with Crippen molar-refractivity contribution in [3.8, 4) is 0 Å². The highest BCUT2D eigenvalue weighted by molar-refractivity contribution is 9.10. The first-order valence-electron chi connectivity index (χ1n) is 8.12. The van der Waals surface area contributed by atoms with Gasteiger partial charge in [0.1, 0.15) is 0 Å². The molecule has 0 heterocycles. The molecule has 1 saturated carbocycles. The lowest BCUT2D eigenvalue weighted by molar-refractivity contribution is 0.0629. The van der Waals surface area contributed by atoms with E-state index in [0.29, 0.717) is 6.04 Å². The second-order valence-electron chi connectivity index (χ2n) is 6.00. The minimum Gasteiger partial charge on any atom is -0.297 e. The zero-order valence-electron chi connectivity index (χ0n) is 13.2. The predicted octanol–water partition coefficient (Wildman–Crippen LogP) is 3.48. The van der Waals surface area contributed by atoms with Crippen LogP contribution in [0, 0.1) is 0 Å². The number of benzene rings is 1. The van der Waals surface area contributed by atoms with Crippen LogP contribution < -0.4 is 11.3 Å². The molecule has 0 aliphatic heterocycles. The van der Waals surface area contributed by atoms with Crippen molar-refractivity contribution in [1.82, 2.24) is 10.3 Å². The van der Waals surface area contributed by atoms with Gasteiger partial charge in [0.05, 0.1) is 0 Å². The standard InChI is InChI=1S/C17H28BrN3/c1-3-21(4-2)17(11-7-8-12-17)16(20-19)13-14-9-5-6-10-15(14)18/h5-6,9-10,16,20H,3-4,7-8,11-13,19H2,1-2H3. The van der Waals surface area contributed by atoms with Crippen LogP contribution in [0.25, 0.3) is 0 Å². The van der Waals surface area contributed by atoms with Crippen LogP contribution in [0.15, 0.2) is 28.7 Å². The zero-order chi connectivity index (χ0) is 15.3. The Morgan fingerprint density at radius 1 is 1.24 bits per heavy atom. The summed E-state index contributed by atoms with van der Waals surface area (Å²) in [6, 6.07) is 8.76. The quantitative estimate of drug-likeness (QED) is 0.582. The molecule has 4 heteroatoms. The molecule has 1 aromatic carbocycles. The van der Waals surface area contributed by atoms with Gasteiger partial charge in [0, 0.05) is 16.1 Å². The molecule has 0 aromatic heterocycles. The van der Waals surface area contributed by atoms with Crippen LogP contribution in [0.4, 0.5) is 0 Å². The molecule has 0 spiro atoms. The van der Waals surface area contributed by atoms with Crippen LogP contribution in [0.5, 0.6) is 0 Å². The Hall–Kier alpha value is -0.420. The lowest BCUT2D eigenvalue weighted by Crippen LogP contribution is -2.62. The molecule has 21 heavy (non-hydrogen) atoms. The van der Waals surface area contributed by atoms with Crippen molar-refractivity contribution in [3.63, 3.8) is 0 Å². The molecule has 3 nitrogen and oxygen atoms in total. The second-order valence-corrected chi connectivity index (χ2v) is 6.85. The molecule has 1 aliphatic rings. The molecule has 3 N–H and O–H groups in total. The number of likely N-dealkylation sites (N-methyl/N-ethyl adjacent to an activating group) is 1. The molecular weight excluding hydrogens is 326 g/mol. The maximum absolute atomic E-state index is 5.99. The van der Waals surface area contributed by atoms with Crippen molar-refractivity contribution in [2.24, 2.45) is 5.84 Å². The normalized spacial score (nSPS) is 19.1. The smallest absolute Gasteiger partial charge is 0.0435 e. The Labute approximate surface area is 137 Å². The Balaban J connectivity index is 2.26. The van der Waals surface area contributed by atoms with Gasteiger partial charge in [0.2, 0.25) is 0 Å². The first-order valence-corrected chi connectivity index (χ1v) is 8.91. The van der Waals surface area contributed by atoms with Crippen LogP contribution in [-0.4, -0.2) is 29.6 Å². The van der Waals surface area contributed by atoms with Gasteiger partial charge in [-0.25, -0.2) is 0 Å². The summed E-state index contributed by atoms with van der Waals surface area (Å²) in [6.07, 6.45) is 6.08. The van der Waals surface area contributed by atoms with Crippen molar-refractivity contribution >= 4 is 15.9 Å². The second kappa shape index (κ2) is 7.73. The molecule has 118 valence electrons. The van der Waals surface area contributed by atoms with Crippen molar-refractivity contribution in [2.45, 2.75) is 57.5 Å². The monoisotopic (exact) mass is 353 g/mol. The average Bonchev–Trinajstić information content (AvgIpc) is 2.98. The van der Waals surface area contributed by atoms with Gasteiger partial charge in [-0.2, -0.15) is 0 Å². The van der Waals surface area contributed by atoms with Gasteiger partial charge in [0.25, 0.3) is 0 Å². The number of hydrogen-bond acceptors (Lipinski definition) is 3. The molecule has 1 fully saturated rings. The van der Waals surface area contributed by atoms with E-state index in [1.54, 1.807) is 0 Å². The fourth-order valence-corrected chi connectivity index (χ4v) is 4.46. The van der Waals surface area contributed by atoms with Crippen molar-refractivity contribution < 1.29 is 0 Å². The predicted molar refractivity (Wildman–Crippen MR) is 93.1 cm³/mol. The highest BCUT2D eigenvalue weighted by Gasteiger charge is 2.44. The van der Waals surface area contributed by atoms with E-state index in [4.69, 9.17) is 5.84 Å². The van der Waals surface area contributed by atoms with Gasteiger partial charge in [-0.15, -0.1) is 0 Å². The number of halogens is 1. The van der Waals surface area contributed by atoms with E-state index in [-0.39, 0.29) is 5.54 Å². The molecule has 2 rings (SSSR count). The summed E-state index contributed by atoms with van der Waals surface area (Å²) in [7, 11) is 0. The first-order chi connectivity index (χ1) is 10.2. The largest absolute Gasteiger partial charge is 0.297 e. The summed E-state index contributed by atoms with van der Waals surface area (Å²) in [5.41, 5.74) is 4.68. The van der Waals surface area contributed by atoms with E-state index in [0.717, 1.165) is 19.5 Å². The fourth-order valence-electron chi connectivity index (χ4n) is 4.01. The topological polar surface area (TPSA) is 41.3 Å². The lowest BCUT2D eigenvalue weighted by Gasteiger charge is -2.46. The number of nitrogens with one attached hydrogen (secondary N) is 1. The van der Waals surface area contributed by atoms with Crippen molar-refractivity contribution in [1.29, 1.82) is 0 Å². The third-order valence-corrected chi connectivity index (χ3v) is 5.87. The molecule has 0 bridgehead atoms. The maximum atomic E-state index is 5.99. The average molecular weight is 354 g/mol. The Morgan fingerprint density at radius 2 is 1.86 bits per heavy atom. The minimum absolute atomic E-state index is 0.202. The van der Waals surface area contributed by atoms with Crippen LogP contribution in [-0.2, 0) is 6.42 Å². The summed E-state index contributed by atoms with van der Waals surface area (Å²) >= 11 is 3.67. The van der Waals surface area contributed by atoms with E-state index in [1.807, 2.05) is 0 Å². The number of nitrogens with zero attached hydrogens (tertiary/aromatic N) is 1. The summed E-state index contributed by atoms with van der Waals surface area (Å²) in [6.45, 7) is 6.69. The zero-order valence-corrected chi connectivity index (χ0v) is 14.8. The number of nitrogens with two attached hydrogens (primary N) is 1. The van der Waals surface area contributed by atoms with Crippen LogP contribution in [0.1, 0.15) is 45.1 Å². The number of rotatable bonds is 7. The summed E-state index contributed by atoms with van der Waals surface area (Å²) in [5.74, 6) is 5.99. The fraction of sp³-hybridized carbons (Fsp3) is 0.647. The Kier molecular flexibility index (Phi) is 6.23. The van der Waals surface area contributed by atoms with Gasteiger partial charge in [-0.05, 0) is 44.0 Å². The van der Waals surface area contributed by atoms with Crippen LogP contribution in [0.3, 0.4) is 0 Å². The molecule has 0 amide bonds. The highest BCUT2D eigenvalue weighted by atomic mass is 79.9. The third-order valence-electron chi connectivity index (χ3n) is 5.09. The van der Waals surface area contributed by atoms with Gasteiger partial charge in [0.15, 0.2) is 0 Å². The molecule has 0 radical (unpaired) electrons. The lowest BCUT2D eigenvalue weighted by atomic mass is 9.82. The van der Waals surface area contributed by atoms with Crippen molar-refractivity contribution in [3.05, 3.63) is 34.3 Å². The summed E-state index contributed by atoms with van der Waals surface area (Å²) < 4.78 is 1.18. The van der Waals surface area contributed by atoms with Gasteiger partial charge in [-0.1, -0.05) is 60.8 Å². The van der Waals surface area contributed by atoms with E-state index < -0.39 is 0 Å². The minimum atomic E-state index is 0.202. The highest BCUT2D eigenvalue weighted by Crippen LogP contribution is 2.39. The SMILES string of the molecule is CCN(CC)C1(C(Cc2ccccc2Br)NN)CCCC1. The maximum Gasteiger partial charge on any atom is 0.0435 e. The van der Waals surface area contributed by atoms with Gasteiger partial charge < -0.3 is 0 Å². The van der Waals surface area contributed by atoms with E-state index in [2.05, 4.69) is 64.4 Å². The van der Waals surface area contributed by atoms with Gasteiger partial charge in [-0.3, -0.25) is 16.2 Å². The molecule has 0 saturated heterocycles. The molecular formula is C17H28BrN3. The van der Waals surface area contributed by atoms with Crippen LogP contribution in [0.2, 0.25) is 0 Å². The molecule has 1 atom stereocenters. The number of hydrogen-bond donors (Lipinski definition) is 2. The van der Waals surface area contributed by atoms with E-state index in [1.165, 1.54) is 35.7 Å². The Morgan fingerprint density at radius 3 is 2.38 bits per heavy atom. The molecule has 1 unspecified atom stereocenters. The Bertz CT molecular complexity index is 439. The van der Waals surface area contributed by atoms with E-state index >= 15 is 0 Å². The first kappa shape index (κ1) is 16.9. The van der Waals surface area contributed by atoms with Crippen LogP contribution >= 0.6 is 15.9 Å². The number of hydrazine groups is 1. The van der Waals surface area contributed by atoms with Crippen molar-refractivity contribution in [2.75, 3.05) is 13.1 Å².